The number of hydrogen-bond acceptors (Lipinski definition) is 3. The molecule has 2 heterocycles. The second kappa shape index (κ2) is 5.13. The van der Waals surface area contributed by atoms with Gasteiger partial charge < -0.3 is 5.11 Å². The largest absolute Gasteiger partial charge is 0.505 e. The van der Waals surface area contributed by atoms with Gasteiger partial charge in [-0.05, 0) is 25.1 Å². The Bertz CT molecular complexity index is 725. The number of aryl methyl sites for hydroxylation is 1. The van der Waals surface area contributed by atoms with Crippen LogP contribution in [0, 0.1) is 6.92 Å². The summed E-state index contributed by atoms with van der Waals surface area (Å²) in [6.07, 6.45) is 1.72. The maximum atomic E-state index is 10.2. The summed E-state index contributed by atoms with van der Waals surface area (Å²) in [4.78, 5) is 8.75. The second-order valence-corrected chi connectivity index (χ2v) is 4.57. The lowest BCUT2D eigenvalue weighted by Crippen LogP contribution is -1.92. The van der Waals surface area contributed by atoms with Gasteiger partial charge in [-0.2, -0.15) is 0 Å². The lowest BCUT2D eigenvalue weighted by molar-refractivity contribution is 0.469. The Hall–Kier alpha value is -2.68. The van der Waals surface area contributed by atoms with E-state index in [-0.39, 0.29) is 5.75 Å². The Kier molecular flexibility index (Phi) is 3.17. The predicted octanol–water partition coefficient (Wildman–Crippen LogP) is 3.82. The fraction of sp³-hybridized carbons (Fsp3) is 0.0588. The molecule has 0 fully saturated rings. The molecule has 0 aliphatic rings. The SMILES string of the molecule is Cc1nc(-c2ccccc2)cc(-c2ccccn2)c1O. The first-order valence-electron chi connectivity index (χ1n) is 6.43. The quantitative estimate of drug-likeness (QED) is 0.763. The van der Waals surface area contributed by atoms with E-state index < -0.39 is 0 Å². The van der Waals surface area contributed by atoms with Gasteiger partial charge in [-0.25, -0.2) is 4.98 Å². The van der Waals surface area contributed by atoms with E-state index in [1.807, 2.05) is 54.6 Å². The van der Waals surface area contributed by atoms with Crippen LogP contribution in [0.5, 0.6) is 5.75 Å². The van der Waals surface area contributed by atoms with Gasteiger partial charge in [0.25, 0.3) is 0 Å². The standard InChI is InChI=1S/C17H14N2O/c1-12-17(20)14(15-9-5-6-10-18-15)11-16(19-12)13-7-3-2-4-8-13/h2-11,20H,1H3. The topological polar surface area (TPSA) is 46.0 Å². The van der Waals surface area contributed by atoms with Gasteiger partial charge >= 0.3 is 0 Å². The molecule has 3 aromatic rings. The van der Waals surface area contributed by atoms with Crippen molar-refractivity contribution in [2.24, 2.45) is 0 Å². The number of aromatic hydroxyl groups is 1. The number of rotatable bonds is 2. The van der Waals surface area contributed by atoms with Crippen LogP contribution in [0.3, 0.4) is 0 Å². The third-order valence-corrected chi connectivity index (χ3v) is 3.18. The first kappa shape index (κ1) is 12.4. The monoisotopic (exact) mass is 262 g/mol. The molecular weight excluding hydrogens is 248 g/mol. The van der Waals surface area contributed by atoms with Gasteiger partial charge in [-0.3, -0.25) is 4.98 Å². The normalized spacial score (nSPS) is 10.4. The highest BCUT2D eigenvalue weighted by molar-refractivity contribution is 5.74. The minimum Gasteiger partial charge on any atom is -0.505 e. The van der Waals surface area contributed by atoms with E-state index in [0.29, 0.717) is 11.3 Å². The molecule has 0 saturated heterocycles. The minimum absolute atomic E-state index is 0.184. The van der Waals surface area contributed by atoms with Crippen LogP contribution in [-0.4, -0.2) is 15.1 Å². The molecule has 98 valence electrons. The van der Waals surface area contributed by atoms with Gasteiger partial charge in [0.2, 0.25) is 0 Å². The van der Waals surface area contributed by atoms with Crippen LogP contribution in [0.4, 0.5) is 0 Å². The Morgan fingerprint density at radius 3 is 2.35 bits per heavy atom. The van der Waals surface area contributed by atoms with Gasteiger partial charge in [0.05, 0.1) is 17.1 Å². The van der Waals surface area contributed by atoms with Crippen molar-refractivity contribution in [2.45, 2.75) is 6.92 Å². The van der Waals surface area contributed by atoms with Crippen molar-refractivity contribution >= 4 is 0 Å². The Morgan fingerprint density at radius 1 is 0.900 bits per heavy atom. The van der Waals surface area contributed by atoms with Crippen molar-refractivity contribution in [3.63, 3.8) is 0 Å². The summed E-state index contributed by atoms with van der Waals surface area (Å²) in [7, 11) is 0. The van der Waals surface area contributed by atoms with E-state index in [0.717, 1.165) is 17.0 Å². The highest BCUT2D eigenvalue weighted by atomic mass is 16.3. The molecule has 0 amide bonds. The van der Waals surface area contributed by atoms with Crippen LogP contribution in [0.2, 0.25) is 0 Å². The van der Waals surface area contributed by atoms with Crippen molar-refractivity contribution in [1.29, 1.82) is 0 Å². The highest BCUT2D eigenvalue weighted by Gasteiger charge is 2.12. The third kappa shape index (κ3) is 2.26. The number of aromatic nitrogens is 2. The lowest BCUT2D eigenvalue weighted by atomic mass is 10.0. The highest BCUT2D eigenvalue weighted by Crippen LogP contribution is 2.33. The molecule has 1 aromatic carbocycles. The van der Waals surface area contributed by atoms with Crippen LogP contribution in [0.15, 0.2) is 60.8 Å². The summed E-state index contributed by atoms with van der Waals surface area (Å²) >= 11 is 0. The van der Waals surface area contributed by atoms with Crippen molar-refractivity contribution < 1.29 is 5.11 Å². The molecule has 3 rings (SSSR count). The fourth-order valence-electron chi connectivity index (χ4n) is 2.14. The average Bonchev–Trinajstić information content (AvgIpc) is 2.51. The summed E-state index contributed by atoms with van der Waals surface area (Å²) in [5.74, 6) is 0.184. The maximum absolute atomic E-state index is 10.2. The van der Waals surface area contributed by atoms with Crippen LogP contribution >= 0.6 is 0 Å². The minimum atomic E-state index is 0.184. The van der Waals surface area contributed by atoms with Crippen molar-refractivity contribution in [3.8, 4) is 28.3 Å². The first-order valence-corrected chi connectivity index (χ1v) is 6.43. The van der Waals surface area contributed by atoms with Crippen LogP contribution in [0.25, 0.3) is 22.5 Å². The van der Waals surface area contributed by atoms with Crippen molar-refractivity contribution in [2.75, 3.05) is 0 Å². The number of benzene rings is 1. The molecule has 0 saturated carbocycles. The van der Waals surface area contributed by atoms with E-state index in [1.165, 1.54) is 0 Å². The number of pyridine rings is 2. The van der Waals surface area contributed by atoms with E-state index in [4.69, 9.17) is 0 Å². The van der Waals surface area contributed by atoms with Gasteiger partial charge in [-0.15, -0.1) is 0 Å². The fourth-order valence-corrected chi connectivity index (χ4v) is 2.14. The molecule has 2 aromatic heterocycles. The number of nitrogens with zero attached hydrogens (tertiary/aromatic N) is 2. The summed E-state index contributed by atoms with van der Waals surface area (Å²) in [5.41, 5.74) is 3.91. The summed E-state index contributed by atoms with van der Waals surface area (Å²) in [5, 5.41) is 10.2. The molecule has 0 spiro atoms. The zero-order valence-electron chi connectivity index (χ0n) is 11.1. The molecule has 0 aliphatic heterocycles. The van der Waals surface area contributed by atoms with Gasteiger partial charge in [0.15, 0.2) is 0 Å². The average molecular weight is 262 g/mol. The molecule has 1 N–H and O–H groups in total. The molecule has 3 heteroatoms. The van der Waals surface area contributed by atoms with E-state index in [1.54, 1.807) is 13.1 Å². The second-order valence-electron chi connectivity index (χ2n) is 4.57. The van der Waals surface area contributed by atoms with Gasteiger partial charge in [-0.1, -0.05) is 36.4 Å². The summed E-state index contributed by atoms with van der Waals surface area (Å²) in [6, 6.07) is 17.4. The maximum Gasteiger partial charge on any atom is 0.146 e. The molecular formula is C17H14N2O. The Labute approximate surface area is 117 Å². The molecule has 0 aliphatic carbocycles. The van der Waals surface area contributed by atoms with E-state index in [2.05, 4.69) is 9.97 Å². The summed E-state index contributed by atoms with van der Waals surface area (Å²) < 4.78 is 0. The lowest BCUT2D eigenvalue weighted by Gasteiger charge is -2.09. The zero-order chi connectivity index (χ0) is 13.9. The zero-order valence-corrected chi connectivity index (χ0v) is 11.1. The van der Waals surface area contributed by atoms with E-state index >= 15 is 0 Å². The van der Waals surface area contributed by atoms with Crippen molar-refractivity contribution in [3.05, 3.63) is 66.5 Å². The molecule has 3 nitrogen and oxygen atoms in total. The third-order valence-electron chi connectivity index (χ3n) is 3.18. The smallest absolute Gasteiger partial charge is 0.146 e. The molecule has 0 bridgehead atoms. The van der Waals surface area contributed by atoms with Crippen LogP contribution < -0.4 is 0 Å². The Morgan fingerprint density at radius 2 is 1.65 bits per heavy atom. The molecule has 20 heavy (non-hydrogen) atoms. The number of hydrogen-bond donors (Lipinski definition) is 1. The first-order chi connectivity index (χ1) is 9.75. The van der Waals surface area contributed by atoms with Crippen molar-refractivity contribution in [1.82, 2.24) is 9.97 Å². The summed E-state index contributed by atoms with van der Waals surface area (Å²) in [6.45, 7) is 1.80. The van der Waals surface area contributed by atoms with Gasteiger partial charge in [0, 0.05) is 17.3 Å². The molecule has 0 unspecified atom stereocenters. The molecule has 0 radical (unpaired) electrons. The Balaban J connectivity index is 2.19. The van der Waals surface area contributed by atoms with Gasteiger partial charge in [0.1, 0.15) is 5.75 Å². The predicted molar refractivity (Wildman–Crippen MR) is 79.3 cm³/mol. The molecule has 0 atom stereocenters. The van der Waals surface area contributed by atoms with Crippen LogP contribution in [0.1, 0.15) is 5.69 Å². The van der Waals surface area contributed by atoms with E-state index in [9.17, 15) is 5.11 Å². The van der Waals surface area contributed by atoms with Crippen LogP contribution in [-0.2, 0) is 0 Å².